The van der Waals surface area contributed by atoms with E-state index in [1.807, 2.05) is 0 Å². The van der Waals surface area contributed by atoms with Gasteiger partial charge in [-0.15, -0.1) is 0 Å². The molecule has 0 aromatic carbocycles. The van der Waals surface area contributed by atoms with Crippen molar-refractivity contribution in [3.8, 4) is 0 Å². The van der Waals surface area contributed by atoms with E-state index in [-0.39, 0.29) is 0 Å². The number of nitrogens with one attached hydrogen (secondary N) is 1. The Kier molecular flexibility index (Phi) is 6.20. The van der Waals surface area contributed by atoms with Crippen LogP contribution in [0, 0.1) is 0 Å². The summed E-state index contributed by atoms with van der Waals surface area (Å²) in [7, 11) is 2.22. The molecule has 2 heteroatoms. The zero-order chi connectivity index (χ0) is 10.2. The number of nitrogens with zero attached hydrogens (tertiary/aromatic N) is 1. The van der Waals surface area contributed by atoms with Gasteiger partial charge in [0, 0.05) is 6.04 Å². The van der Waals surface area contributed by atoms with E-state index in [0.29, 0.717) is 0 Å². The molecule has 0 amide bonds. The zero-order valence-electron chi connectivity index (χ0n) is 9.89. The van der Waals surface area contributed by atoms with Crippen LogP contribution in [0.15, 0.2) is 0 Å². The molecular formula is C12H26N2. The highest BCUT2D eigenvalue weighted by molar-refractivity contribution is 4.73. The maximum atomic E-state index is 3.65. The molecule has 0 aromatic rings. The van der Waals surface area contributed by atoms with Gasteiger partial charge >= 0.3 is 0 Å². The Morgan fingerprint density at radius 1 is 1.21 bits per heavy atom. The van der Waals surface area contributed by atoms with Crippen molar-refractivity contribution < 1.29 is 0 Å². The first kappa shape index (κ1) is 12.0. The molecule has 0 atom stereocenters. The lowest BCUT2D eigenvalue weighted by Crippen LogP contribution is -2.30. The normalized spacial score (nSPS) is 18.2. The summed E-state index contributed by atoms with van der Waals surface area (Å²) in [6.07, 6.45) is 8.26. The van der Waals surface area contributed by atoms with Gasteiger partial charge in [-0.1, -0.05) is 19.8 Å². The molecule has 1 aliphatic carbocycles. The standard InChI is InChI=1S/C12H26N2/c1-3-10-14(2)11-6-9-13-12-7-4-5-8-12/h12-13H,3-11H2,1-2H3. The van der Waals surface area contributed by atoms with E-state index >= 15 is 0 Å². The highest BCUT2D eigenvalue weighted by atomic mass is 15.1. The van der Waals surface area contributed by atoms with E-state index in [1.165, 1.54) is 58.2 Å². The van der Waals surface area contributed by atoms with Gasteiger partial charge in [0.15, 0.2) is 0 Å². The van der Waals surface area contributed by atoms with Gasteiger partial charge in [0.2, 0.25) is 0 Å². The maximum Gasteiger partial charge on any atom is 0.00670 e. The van der Waals surface area contributed by atoms with Crippen LogP contribution < -0.4 is 5.32 Å². The van der Waals surface area contributed by atoms with Gasteiger partial charge in [0.1, 0.15) is 0 Å². The first-order valence-electron chi connectivity index (χ1n) is 6.25. The molecule has 0 aromatic heterocycles. The van der Waals surface area contributed by atoms with Crippen molar-refractivity contribution in [1.29, 1.82) is 0 Å². The third-order valence-corrected chi connectivity index (χ3v) is 3.11. The maximum absolute atomic E-state index is 3.65. The Labute approximate surface area is 89.1 Å². The summed E-state index contributed by atoms with van der Waals surface area (Å²) >= 11 is 0. The largest absolute Gasteiger partial charge is 0.314 e. The average Bonchev–Trinajstić information content (AvgIpc) is 2.65. The van der Waals surface area contributed by atoms with Gasteiger partial charge < -0.3 is 10.2 Å². The summed E-state index contributed by atoms with van der Waals surface area (Å²) in [5, 5.41) is 3.65. The first-order chi connectivity index (χ1) is 6.83. The van der Waals surface area contributed by atoms with E-state index < -0.39 is 0 Å². The van der Waals surface area contributed by atoms with Crippen LogP contribution in [0.3, 0.4) is 0 Å². The van der Waals surface area contributed by atoms with Crippen molar-refractivity contribution in [1.82, 2.24) is 10.2 Å². The Bertz CT molecular complexity index is 130. The van der Waals surface area contributed by atoms with Crippen LogP contribution in [-0.2, 0) is 0 Å². The lowest BCUT2D eigenvalue weighted by molar-refractivity contribution is 0.324. The minimum Gasteiger partial charge on any atom is -0.314 e. The Balaban J connectivity index is 1.88. The minimum absolute atomic E-state index is 0.839. The van der Waals surface area contributed by atoms with Crippen LogP contribution in [0.4, 0.5) is 0 Å². The Morgan fingerprint density at radius 2 is 1.93 bits per heavy atom. The molecule has 0 saturated heterocycles. The van der Waals surface area contributed by atoms with E-state index in [2.05, 4.69) is 24.2 Å². The lowest BCUT2D eigenvalue weighted by atomic mass is 10.2. The fraction of sp³-hybridized carbons (Fsp3) is 1.00. The fourth-order valence-electron chi connectivity index (χ4n) is 2.28. The Morgan fingerprint density at radius 3 is 2.57 bits per heavy atom. The van der Waals surface area contributed by atoms with Crippen molar-refractivity contribution >= 4 is 0 Å². The summed E-state index contributed by atoms with van der Waals surface area (Å²) < 4.78 is 0. The SMILES string of the molecule is CCCN(C)CCCNC1CCCC1. The predicted molar refractivity (Wildman–Crippen MR) is 62.7 cm³/mol. The number of hydrogen-bond donors (Lipinski definition) is 1. The highest BCUT2D eigenvalue weighted by Crippen LogP contribution is 2.17. The van der Waals surface area contributed by atoms with Gasteiger partial charge in [-0.05, 0) is 52.4 Å². The zero-order valence-corrected chi connectivity index (χ0v) is 9.89. The second-order valence-corrected chi connectivity index (χ2v) is 4.59. The van der Waals surface area contributed by atoms with Crippen LogP contribution in [0.2, 0.25) is 0 Å². The summed E-state index contributed by atoms with van der Waals surface area (Å²) in [4.78, 5) is 2.43. The van der Waals surface area contributed by atoms with Gasteiger partial charge in [-0.2, -0.15) is 0 Å². The van der Waals surface area contributed by atoms with E-state index in [1.54, 1.807) is 0 Å². The molecule has 84 valence electrons. The summed E-state index contributed by atoms with van der Waals surface area (Å²) in [5.41, 5.74) is 0. The summed E-state index contributed by atoms with van der Waals surface area (Å²) in [5.74, 6) is 0. The molecule has 0 spiro atoms. The fourth-order valence-corrected chi connectivity index (χ4v) is 2.28. The average molecular weight is 198 g/mol. The quantitative estimate of drug-likeness (QED) is 0.631. The lowest BCUT2D eigenvalue weighted by Gasteiger charge is -2.16. The van der Waals surface area contributed by atoms with Crippen LogP contribution in [0.25, 0.3) is 0 Å². The first-order valence-corrected chi connectivity index (χ1v) is 6.25. The molecule has 0 bridgehead atoms. The third-order valence-electron chi connectivity index (χ3n) is 3.11. The van der Waals surface area contributed by atoms with Crippen LogP contribution >= 0.6 is 0 Å². The van der Waals surface area contributed by atoms with Gasteiger partial charge in [-0.25, -0.2) is 0 Å². The second kappa shape index (κ2) is 7.24. The molecule has 0 radical (unpaired) electrons. The summed E-state index contributed by atoms with van der Waals surface area (Å²) in [6.45, 7) is 5.93. The van der Waals surface area contributed by atoms with Crippen molar-refractivity contribution in [3.05, 3.63) is 0 Å². The smallest absolute Gasteiger partial charge is 0.00670 e. The van der Waals surface area contributed by atoms with Gasteiger partial charge in [-0.3, -0.25) is 0 Å². The molecule has 0 aliphatic heterocycles. The van der Waals surface area contributed by atoms with Gasteiger partial charge in [0.25, 0.3) is 0 Å². The van der Waals surface area contributed by atoms with Crippen LogP contribution in [0.5, 0.6) is 0 Å². The number of hydrogen-bond acceptors (Lipinski definition) is 2. The minimum atomic E-state index is 0.839. The van der Waals surface area contributed by atoms with Crippen LogP contribution in [-0.4, -0.2) is 37.6 Å². The van der Waals surface area contributed by atoms with Crippen molar-refractivity contribution in [2.24, 2.45) is 0 Å². The van der Waals surface area contributed by atoms with Crippen molar-refractivity contribution in [2.45, 2.75) is 51.5 Å². The van der Waals surface area contributed by atoms with Crippen LogP contribution in [0.1, 0.15) is 45.4 Å². The van der Waals surface area contributed by atoms with E-state index in [9.17, 15) is 0 Å². The van der Waals surface area contributed by atoms with Gasteiger partial charge in [0.05, 0.1) is 0 Å². The Hall–Kier alpha value is -0.0800. The van der Waals surface area contributed by atoms with Crippen molar-refractivity contribution in [2.75, 3.05) is 26.7 Å². The molecule has 1 saturated carbocycles. The summed E-state index contributed by atoms with van der Waals surface area (Å²) in [6, 6.07) is 0.839. The number of rotatable bonds is 7. The van der Waals surface area contributed by atoms with E-state index in [4.69, 9.17) is 0 Å². The molecule has 1 fully saturated rings. The molecule has 2 nitrogen and oxygen atoms in total. The van der Waals surface area contributed by atoms with Crippen molar-refractivity contribution in [3.63, 3.8) is 0 Å². The molecule has 1 rings (SSSR count). The third kappa shape index (κ3) is 4.97. The molecule has 0 heterocycles. The second-order valence-electron chi connectivity index (χ2n) is 4.59. The highest BCUT2D eigenvalue weighted by Gasteiger charge is 2.13. The molecular weight excluding hydrogens is 172 g/mol. The molecule has 1 aliphatic rings. The monoisotopic (exact) mass is 198 g/mol. The molecule has 0 unspecified atom stereocenters. The molecule has 14 heavy (non-hydrogen) atoms. The van der Waals surface area contributed by atoms with E-state index in [0.717, 1.165) is 6.04 Å². The predicted octanol–water partition coefficient (Wildman–Crippen LogP) is 2.25. The molecule has 1 N–H and O–H groups in total. The topological polar surface area (TPSA) is 15.3 Å².